The van der Waals surface area contributed by atoms with Crippen molar-refractivity contribution in [2.75, 3.05) is 0 Å². The van der Waals surface area contributed by atoms with Crippen LogP contribution in [-0.4, -0.2) is 14.4 Å². The topological polar surface area (TPSA) is 43.3 Å². The van der Waals surface area contributed by atoms with Crippen molar-refractivity contribution in [3.63, 3.8) is 0 Å². The van der Waals surface area contributed by atoms with Gasteiger partial charge in [0.1, 0.15) is 16.8 Å². The predicted octanol–water partition coefficient (Wildman–Crippen LogP) is 9.98. The highest BCUT2D eigenvalue weighted by molar-refractivity contribution is 6.18. The Bertz CT molecular complexity index is 2140. The second-order valence-electron chi connectivity index (χ2n) is 9.96. The van der Waals surface area contributed by atoms with E-state index < -0.39 is 0 Å². The van der Waals surface area contributed by atoms with Gasteiger partial charge < -0.3 is 8.82 Å². The molecule has 0 aliphatic heterocycles. The van der Waals surface area contributed by atoms with E-state index in [9.17, 15) is 0 Å². The maximum Gasteiger partial charge on any atom is 0.143 e. The maximum atomic E-state index is 6.56. The molecule has 4 aromatic carbocycles. The van der Waals surface area contributed by atoms with Gasteiger partial charge in [0.15, 0.2) is 0 Å². The standard InChI is InChI=1S/C34H21N3O.C3H6/c1-2-8-26-24(7-1)19-28-27-20-25(29-9-3-5-17-35-29)15-16-31(27)38-34(28)33(26)23-13-11-22(12-14-23)30-21-37-18-6-4-10-32(37)36-30;1-3-2/h1-21H;3H,1H2,2H3. The Kier molecular flexibility index (Phi) is 6.14. The van der Waals surface area contributed by atoms with Gasteiger partial charge >= 0.3 is 0 Å². The number of fused-ring (bicyclic) bond motifs is 5. The molecule has 8 aromatic rings. The number of benzene rings is 4. The average molecular weight is 530 g/mol. The number of hydrogen-bond donors (Lipinski definition) is 0. The van der Waals surface area contributed by atoms with Gasteiger partial charge in [-0.25, -0.2) is 4.98 Å². The Hall–Kier alpha value is -5.48. The van der Waals surface area contributed by atoms with Crippen LogP contribution in [0.3, 0.4) is 0 Å². The van der Waals surface area contributed by atoms with Gasteiger partial charge in [-0.1, -0.05) is 66.7 Å². The average Bonchev–Trinajstić information content (AvgIpc) is 3.62. The van der Waals surface area contributed by atoms with Gasteiger partial charge in [-0.3, -0.25) is 4.98 Å². The van der Waals surface area contributed by atoms with E-state index in [4.69, 9.17) is 9.40 Å². The van der Waals surface area contributed by atoms with Crippen LogP contribution >= 0.6 is 0 Å². The van der Waals surface area contributed by atoms with Gasteiger partial charge in [0.2, 0.25) is 0 Å². The lowest BCUT2D eigenvalue weighted by molar-refractivity contribution is 0.670. The van der Waals surface area contributed by atoms with Crippen LogP contribution in [0.2, 0.25) is 0 Å². The van der Waals surface area contributed by atoms with E-state index in [0.717, 1.165) is 61.2 Å². The van der Waals surface area contributed by atoms with E-state index in [1.165, 1.54) is 10.8 Å². The fourth-order valence-corrected chi connectivity index (χ4v) is 5.43. The molecule has 0 radical (unpaired) electrons. The number of rotatable bonds is 3. The fourth-order valence-electron chi connectivity index (χ4n) is 5.43. The Morgan fingerprint density at radius 1 is 0.707 bits per heavy atom. The second kappa shape index (κ2) is 10.2. The van der Waals surface area contributed by atoms with Crippen molar-refractivity contribution in [3.05, 3.63) is 140 Å². The van der Waals surface area contributed by atoms with Crippen LogP contribution in [0.15, 0.2) is 145 Å². The first-order valence-corrected chi connectivity index (χ1v) is 13.6. The molecule has 4 heterocycles. The minimum absolute atomic E-state index is 0.873. The molecule has 0 fully saturated rings. The molecule has 0 saturated heterocycles. The van der Waals surface area contributed by atoms with Crippen LogP contribution in [-0.2, 0) is 0 Å². The molecule has 0 aliphatic carbocycles. The van der Waals surface area contributed by atoms with E-state index >= 15 is 0 Å². The van der Waals surface area contributed by atoms with Crippen molar-refractivity contribution < 1.29 is 4.42 Å². The third kappa shape index (κ3) is 4.36. The van der Waals surface area contributed by atoms with Crippen LogP contribution < -0.4 is 0 Å². The van der Waals surface area contributed by atoms with E-state index in [1.54, 1.807) is 6.08 Å². The van der Waals surface area contributed by atoms with Gasteiger partial charge in [0, 0.05) is 46.1 Å². The zero-order chi connectivity index (χ0) is 27.8. The number of imidazole rings is 1. The highest BCUT2D eigenvalue weighted by Crippen LogP contribution is 2.42. The third-order valence-corrected chi connectivity index (χ3v) is 7.28. The summed E-state index contributed by atoms with van der Waals surface area (Å²) in [6, 6.07) is 37.8. The van der Waals surface area contributed by atoms with Crippen molar-refractivity contribution in [2.45, 2.75) is 6.92 Å². The van der Waals surface area contributed by atoms with Crippen molar-refractivity contribution in [1.82, 2.24) is 14.4 Å². The quantitative estimate of drug-likeness (QED) is 0.214. The van der Waals surface area contributed by atoms with Crippen LogP contribution in [0.5, 0.6) is 0 Å². The summed E-state index contributed by atoms with van der Waals surface area (Å²) in [6.07, 6.45) is 7.67. The summed E-state index contributed by atoms with van der Waals surface area (Å²) in [5, 5.41) is 4.56. The van der Waals surface area contributed by atoms with Crippen LogP contribution in [0.1, 0.15) is 6.92 Å². The maximum absolute atomic E-state index is 6.56. The van der Waals surface area contributed by atoms with Gasteiger partial charge in [-0.2, -0.15) is 0 Å². The molecule has 0 N–H and O–H groups in total. The van der Waals surface area contributed by atoms with E-state index in [0.29, 0.717) is 0 Å². The molecule has 0 amide bonds. The lowest BCUT2D eigenvalue weighted by Crippen LogP contribution is -1.85. The Labute approximate surface area is 237 Å². The normalized spacial score (nSPS) is 11.1. The van der Waals surface area contributed by atoms with E-state index in [-0.39, 0.29) is 0 Å². The largest absolute Gasteiger partial charge is 0.455 e. The first-order valence-electron chi connectivity index (χ1n) is 13.6. The molecular formula is C37H27N3O. The molecular weight excluding hydrogens is 502 g/mol. The van der Waals surface area contributed by atoms with Crippen LogP contribution in [0, 0.1) is 0 Å². The lowest BCUT2D eigenvalue weighted by Gasteiger charge is -2.09. The van der Waals surface area contributed by atoms with Crippen molar-refractivity contribution in [3.8, 4) is 33.6 Å². The van der Waals surface area contributed by atoms with Crippen molar-refractivity contribution >= 4 is 38.4 Å². The lowest BCUT2D eigenvalue weighted by atomic mass is 9.94. The molecule has 0 spiro atoms. The first-order chi connectivity index (χ1) is 20.2. The molecule has 4 heteroatoms. The highest BCUT2D eigenvalue weighted by Gasteiger charge is 2.17. The number of aromatic nitrogens is 3. The molecule has 0 saturated carbocycles. The molecule has 0 atom stereocenters. The SMILES string of the molecule is C=CC.c1ccc(-c2ccc3oc4c(-c5ccc(-c6cn7ccccc7n6)cc5)c5ccccc5cc4c3c2)nc1. The highest BCUT2D eigenvalue weighted by atomic mass is 16.3. The van der Waals surface area contributed by atoms with Crippen molar-refractivity contribution in [2.24, 2.45) is 0 Å². The van der Waals surface area contributed by atoms with Crippen molar-refractivity contribution in [1.29, 1.82) is 0 Å². The van der Waals surface area contributed by atoms with Gasteiger partial charge in [-0.05, 0) is 71.8 Å². The number of nitrogens with zero attached hydrogens (tertiary/aromatic N) is 3. The summed E-state index contributed by atoms with van der Waals surface area (Å²) in [5.74, 6) is 0. The Morgan fingerprint density at radius 3 is 2.27 bits per heavy atom. The zero-order valence-electron chi connectivity index (χ0n) is 22.7. The van der Waals surface area contributed by atoms with Crippen LogP contribution in [0.25, 0.3) is 72.0 Å². The van der Waals surface area contributed by atoms with E-state index in [2.05, 4.69) is 90.6 Å². The minimum atomic E-state index is 0.873. The molecule has 4 nitrogen and oxygen atoms in total. The first kappa shape index (κ1) is 24.6. The monoisotopic (exact) mass is 529 g/mol. The number of furan rings is 1. The molecule has 0 aliphatic rings. The smallest absolute Gasteiger partial charge is 0.143 e. The van der Waals surface area contributed by atoms with Gasteiger partial charge in [-0.15, -0.1) is 6.58 Å². The molecule has 8 rings (SSSR count). The number of allylic oxidation sites excluding steroid dienone is 1. The van der Waals surface area contributed by atoms with E-state index in [1.807, 2.05) is 60.1 Å². The molecule has 0 unspecified atom stereocenters. The number of pyridine rings is 2. The number of hydrogen-bond acceptors (Lipinski definition) is 3. The molecule has 41 heavy (non-hydrogen) atoms. The van der Waals surface area contributed by atoms with Gasteiger partial charge in [0.25, 0.3) is 0 Å². The summed E-state index contributed by atoms with van der Waals surface area (Å²) in [7, 11) is 0. The Balaban J connectivity index is 0.000000884. The fraction of sp³-hybridized carbons (Fsp3) is 0.0270. The summed E-state index contributed by atoms with van der Waals surface area (Å²) >= 11 is 0. The summed E-state index contributed by atoms with van der Waals surface area (Å²) in [5.41, 5.74) is 9.00. The molecule has 4 aromatic heterocycles. The summed E-state index contributed by atoms with van der Waals surface area (Å²) in [6.45, 7) is 5.25. The van der Waals surface area contributed by atoms with Gasteiger partial charge in [0.05, 0.1) is 11.4 Å². The second-order valence-corrected chi connectivity index (χ2v) is 9.96. The minimum Gasteiger partial charge on any atom is -0.455 e. The summed E-state index contributed by atoms with van der Waals surface area (Å²) < 4.78 is 8.60. The zero-order valence-corrected chi connectivity index (χ0v) is 22.7. The molecule has 0 bridgehead atoms. The Morgan fingerprint density at radius 2 is 1.46 bits per heavy atom. The molecule has 196 valence electrons. The predicted molar refractivity (Wildman–Crippen MR) is 170 cm³/mol. The summed E-state index contributed by atoms with van der Waals surface area (Å²) in [4.78, 5) is 9.33. The third-order valence-electron chi connectivity index (χ3n) is 7.28. The van der Waals surface area contributed by atoms with Crippen LogP contribution in [0.4, 0.5) is 0 Å².